The van der Waals surface area contributed by atoms with Crippen molar-refractivity contribution >= 4 is 5.69 Å². The molecule has 0 fully saturated rings. The molecule has 1 heterocycles. The van der Waals surface area contributed by atoms with Crippen LogP contribution in [-0.2, 0) is 13.0 Å². The van der Waals surface area contributed by atoms with Crippen molar-refractivity contribution in [3.8, 4) is 0 Å². The molecule has 0 saturated heterocycles. The Morgan fingerprint density at radius 1 is 1.36 bits per heavy atom. The highest BCUT2D eigenvalue weighted by atomic mass is 15.1. The van der Waals surface area contributed by atoms with Crippen LogP contribution < -0.4 is 5.73 Å². The number of anilines is 1. The third-order valence-electron chi connectivity index (χ3n) is 3.07. The Balaban J connectivity index is 2.29. The van der Waals surface area contributed by atoms with Crippen molar-refractivity contribution in [1.29, 1.82) is 0 Å². The average Bonchev–Trinajstić information content (AvgIpc) is 2.18. The molecule has 76 valence electrons. The lowest BCUT2D eigenvalue weighted by molar-refractivity contribution is 0.204. The van der Waals surface area contributed by atoms with E-state index in [0.717, 1.165) is 25.2 Å². The van der Waals surface area contributed by atoms with Crippen molar-refractivity contribution in [2.75, 3.05) is 12.3 Å². The van der Waals surface area contributed by atoms with E-state index in [9.17, 15) is 0 Å². The molecule has 0 unspecified atom stereocenters. The molecule has 2 rings (SSSR count). The van der Waals surface area contributed by atoms with E-state index in [1.165, 1.54) is 11.1 Å². The minimum atomic E-state index is 0.614. The lowest BCUT2D eigenvalue weighted by Crippen LogP contribution is -2.36. The fourth-order valence-corrected chi connectivity index (χ4v) is 2.07. The summed E-state index contributed by atoms with van der Waals surface area (Å²) >= 11 is 0. The molecule has 14 heavy (non-hydrogen) atoms. The number of hydrogen-bond acceptors (Lipinski definition) is 2. The van der Waals surface area contributed by atoms with Gasteiger partial charge in [-0.15, -0.1) is 0 Å². The van der Waals surface area contributed by atoms with Crippen LogP contribution in [0.3, 0.4) is 0 Å². The lowest BCUT2D eigenvalue weighted by Gasteiger charge is -2.32. The average molecular weight is 190 g/mol. The summed E-state index contributed by atoms with van der Waals surface area (Å²) in [6.07, 6.45) is 1.14. The van der Waals surface area contributed by atoms with E-state index >= 15 is 0 Å². The normalized spacial score (nSPS) is 17.1. The van der Waals surface area contributed by atoms with E-state index in [1.54, 1.807) is 0 Å². The van der Waals surface area contributed by atoms with Gasteiger partial charge in [0.2, 0.25) is 0 Å². The molecule has 0 amide bonds. The van der Waals surface area contributed by atoms with Gasteiger partial charge in [-0.3, -0.25) is 4.90 Å². The Kier molecular flexibility index (Phi) is 2.46. The molecule has 0 atom stereocenters. The van der Waals surface area contributed by atoms with Gasteiger partial charge in [0.1, 0.15) is 0 Å². The third-order valence-corrected chi connectivity index (χ3v) is 3.07. The number of nitrogens with zero attached hydrogens (tertiary/aromatic N) is 1. The van der Waals surface area contributed by atoms with Gasteiger partial charge in [0.15, 0.2) is 0 Å². The fourth-order valence-electron chi connectivity index (χ4n) is 2.07. The maximum absolute atomic E-state index is 5.98. The monoisotopic (exact) mass is 190 g/mol. The number of nitrogen functional groups attached to an aromatic ring is 1. The van der Waals surface area contributed by atoms with Crippen LogP contribution in [0.4, 0.5) is 5.69 Å². The molecule has 0 saturated carbocycles. The first-order chi connectivity index (χ1) is 6.68. The largest absolute Gasteiger partial charge is 0.398 e. The Hall–Kier alpha value is -1.02. The smallest absolute Gasteiger partial charge is 0.0362 e. The Labute approximate surface area is 85.7 Å². The van der Waals surface area contributed by atoms with Gasteiger partial charge in [0.25, 0.3) is 0 Å². The Morgan fingerprint density at radius 2 is 2.14 bits per heavy atom. The molecule has 2 heteroatoms. The standard InChI is InChI=1S/C12H18N2/c1-9(2)14-7-6-10-4-3-5-12(13)11(10)8-14/h3-5,9H,6-8,13H2,1-2H3. The van der Waals surface area contributed by atoms with Crippen molar-refractivity contribution in [2.24, 2.45) is 0 Å². The summed E-state index contributed by atoms with van der Waals surface area (Å²) in [4.78, 5) is 2.47. The van der Waals surface area contributed by atoms with Gasteiger partial charge in [0, 0.05) is 24.8 Å². The van der Waals surface area contributed by atoms with E-state index in [-0.39, 0.29) is 0 Å². The highest BCUT2D eigenvalue weighted by Gasteiger charge is 2.19. The van der Waals surface area contributed by atoms with Gasteiger partial charge in [-0.2, -0.15) is 0 Å². The Morgan fingerprint density at radius 3 is 2.86 bits per heavy atom. The van der Waals surface area contributed by atoms with Crippen molar-refractivity contribution in [1.82, 2.24) is 4.90 Å². The van der Waals surface area contributed by atoms with Crippen molar-refractivity contribution < 1.29 is 0 Å². The zero-order valence-electron chi connectivity index (χ0n) is 8.96. The van der Waals surface area contributed by atoms with Crippen LogP contribution in [0.2, 0.25) is 0 Å². The molecule has 2 nitrogen and oxygen atoms in total. The molecule has 0 aromatic heterocycles. The molecule has 1 aromatic rings. The molecule has 2 N–H and O–H groups in total. The van der Waals surface area contributed by atoms with Crippen LogP contribution in [0.15, 0.2) is 18.2 Å². The van der Waals surface area contributed by atoms with E-state index in [2.05, 4.69) is 30.9 Å². The zero-order chi connectivity index (χ0) is 10.1. The number of nitrogens with two attached hydrogens (primary N) is 1. The van der Waals surface area contributed by atoms with E-state index in [1.807, 2.05) is 6.07 Å². The molecule has 0 bridgehead atoms. The topological polar surface area (TPSA) is 29.3 Å². The molecule has 0 aliphatic carbocycles. The summed E-state index contributed by atoms with van der Waals surface area (Å²) in [5.74, 6) is 0. The van der Waals surface area contributed by atoms with Crippen LogP contribution in [0.25, 0.3) is 0 Å². The maximum Gasteiger partial charge on any atom is 0.0362 e. The molecular weight excluding hydrogens is 172 g/mol. The van der Waals surface area contributed by atoms with Crippen LogP contribution >= 0.6 is 0 Å². The second-order valence-corrected chi connectivity index (χ2v) is 4.30. The van der Waals surface area contributed by atoms with Gasteiger partial charge >= 0.3 is 0 Å². The minimum Gasteiger partial charge on any atom is -0.398 e. The fraction of sp³-hybridized carbons (Fsp3) is 0.500. The lowest BCUT2D eigenvalue weighted by atomic mass is 9.97. The van der Waals surface area contributed by atoms with Gasteiger partial charge in [0.05, 0.1) is 0 Å². The maximum atomic E-state index is 5.98. The second kappa shape index (κ2) is 3.62. The first-order valence-electron chi connectivity index (χ1n) is 5.29. The number of benzene rings is 1. The molecule has 0 radical (unpaired) electrons. The number of fused-ring (bicyclic) bond motifs is 1. The number of hydrogen-bond donors (Lipinski definition) is 1. The molecule has 1 aliphatic rings. The summed E-state index contributed by atoms with van der Waals surface area (Å²) < 4.78 is 0. The van der Waals surface area contributed by atoms with Gasteiger partial charge in [-0.25, -0.2) is 0 Å². The van der Waals surface area contributed by atoms with Crippen LogP contribution in [0.1, 0.15) is 25.0 Å². The molecule has 1 aliphatic heterocycles. The van der Waals surface area contributed by atoms with Crippen LogP contribution in [0, 0.1) is 0 Å². The van der Waals surface area contributed by atoms with Crippen molar-refractivity contribution in [2.45, 2.75) is 32.9 Å². The highest BCUT2D eigenvalue weighted by molar-refractivity contribution is 5.51. The quantitative estimate of drug-likeness (QED) is 0.687. The van der Waals surface area contributed by atoms with Gasteiger partial charge < -0.3 is 5.73 Å². The summed E-state index contributed by atoms with van der Waals surface area (Å²) in [7, 11) is 0. The predicted octanol–water partition coefficient (Wildman–Crippen LogP) is 2.04. The van der Waals surface area contributed by atoms with Crippen molar-refractivity contribution in [3.05, 3.63) is 29.3 Å². The third kappa shape index (κ3) is 1.62. The minimum absolute atomic E-state index is 0.614. The number of rotatable bonds is 1. The molecular formula is C12H18N2. The van der Waals surface area contributed by atoms with Gasteiger partial charge in [-0.05, 0) is 37.5 Å². The second-order valence-electron chi connectivity index (χ2n) is 4.30. The first-order valence-corrected chi connectivity index (χ1v) is 5.29. The summed E-state index contributed by atoms with van der Waals surface area (Å²) in [6, 6.07) is 6.87. The van der Waals surface area contributed by atoms with Crippen molar-refractivity contribution in [3.63, 3.8) is 0 Å². The van der Waals surface area contributed by atoms with Gasteiger partial charge in [-0.1, -0.05) is 12.1 Å². The Bertz CT molecular complexity index is 331. The zero-order valence-corrected chi connectivity index (χ0v) is 8.96. The molecule has 0 spiro atoms. The molecule has 1 aromatic carbocycles. The van der Waals surface area contributed by atoms with E-state index in [0.29, 0.717) is 6.04 Å². The summed E-state index contributed by atoms with van der Waals surface area (Å²) in [5, 5.41) is 0. The summed E-state index contributed by atoms with van der Waals surface area (Å²) in [5.41, 5.74) is 9.70. The predicted molar refractivity (Wildman–Crippen MR) is 60.1 cm³/mol. The first kappa shape index (κ1) is 9.53. The highest BCUT2D eigenvalue weighted by Crippen LogP contribution is 2.25. The van der Waals surface area contributed by atoms with Crippen LogP contribution in [-0.4, -0.2) is 17.5 Å². The van der Waals surface area contributed by atoms with Crippen LogP contribution in [0.5, 0.6) is 0 Å². The van der Waals surface area contributed by atoms with E-state index < -0.39 is 0 Å². The van der Waals surface area contributed by atoms with E-state index in [4.69, 9.17) is 5.73 Å². The summed E-state index contributed by atoms with van der Waals surface area (Å²) in [6.45, 7) is 6.65. The SMILES string of the molecule is CC(C)N1CCc2cccc(N)c2C1.